The molecule has 1 aromatic rings. The van der Waals surface area contributed by atoms with E-state index in [0.717, 1.165) is 17.7 Å². The minimum absolute atomic E-state index is 0.315. The Kier molecular flexibility index (Phi) is 3.21. The van der Waals surface area contributed by atoms with Gasteiger partial charge in [-0.15, -0.1) is 0 Å². The number of benzene rings is 1. The third-order valence-corrected chi connectivity index (χ3v) is 4.61. The van der Waals surface area contributed by atoms with Gasteiger partial charge in [0.1, 0.15) is 17.8 Å². The summed E-state index contributed by atoms with van der Waals surface area (Å²) in [4.78, 5) is 11.8. The van der Waals surface area contributed by atoms with Gasteiger partial charge in [-0.05, 0) is 30.4 Å². The number of rotatable bonds is 3. The molecule has 1 N–H and O–H groups in total. The first-order valence-electron chi connectivity index (χ1n) is 7.14. The zero-order valence-electron chi connectivity index (χ0n) is 11.1. The van der Waals surface area contributed by atoms with Crippen molar-refractivity contribution in [3.05, 3.63) is 29.8 Å². The summed E-state index contributed by atoms with van der Waals surface area (Å²) in [7, 11) is 0. The molecule has 0 aromatic heterocycles. The third kappa shape index (κ3) is 2.34. The first-order chi connectivity index (χ1) is 9.20. The minimum atomic E-state index is -0.719. The van der Waals surface area contributed by atoms with Crippen molar-refractivity contribution >= 4 is 5.97 Å². The zero-order chi connectivity index (χ0) is 13.3. The second-order valence-corrected chi connectivity index (χ2v) is 6.01. The molecular formula is C16H20O3. The Morgan fingerprint density at radius 1 is 1.32 bits per heavy atom. The van der Waals surface area contributed by atoms with Crippen molar-refractivity contribution in [1.82, 2.24) is 0 Å². The van der Waals surface area contributed by atoms with Crippen molar-refractivity contribution < 1.29 is 14.6 Å². The number of carboxylic acids is 1. The van der Waals surface area contributed by atoms with Crippen molar-refractivity contribution in [3.8, 4) is 5.75 Å². The van der Waals surface area contributed by atoms with Crippen LogP contribution in [0.1, 0.15) is 37.7 Å². The van der Waals surface area contributed by atoms with Crippen LogP contribution in [0.3, 0.4) is 0 Å². The fourth-order valence-electron chi connectivity index (χ4n) is 3.55. The molecule has 0 bridgehead atoms. The van der Waals surface area contributed by atoms with Gasteiger partial charge in [0.25, 0.3) is 0 Å². The molecule has 2 aliphatic rings. The molecule has 1 saturated carbocycles. The van der Waals surface area contributed by atoms with Crippen LogP contribution in [-0.2, 0) is 11.2 Å². The highest BCUT2D eigenvalue weighted by molar-refractivity contribution is 5.76. The molecule has 0 spiro atoms. The number of hydrogen-bond donors (Lipinski definition) is 1. The second-order valence-electron chi connectivity index (χ2n) is 6.01. The number of carboxylic acid groups (broad SMARTS) is 1. The van der Waals surface area contributed by atoms with Crippen LogP contribution in [0.25, 0.3) is 0 Å². The summed E-state index contributed by atoms with van der Waals surface area (Å²) in [5, 5.41) is 9.69. The molecule has 19 heavy (non-hydrogen) atoms. The Labute approximate surface area is 113 Å². The van der Waals surface area contributed by atoms with Crippen LogP contribution in [0, 0.1) is 11.3 Å². The Morgan fingerprint density at radius 2 is 2.05 bits per heavy atom. The number of hydrogen-bond acceptors (Lipinski definition) is 2. The molecule has 102 valence electrons. The molecule has 3 rings (SSSR count). The van der Waals surface area contributed by atoms with Crippen molar-refractivity contribution in [1.29, 1.82) is 0 Å². The van der Waals surface area contributed by atoms with E-state index in [2.05, 4.69) is 0 Å². The summed E-state index contributed by atoms with van der Waals surface area (Å²) in [6.45, 7) is 0.315. The van der Waals surface area contributed by atoms with E-state index < -0.39 is 11.4 Å². The van der Waals surface area contributed by atoms with Gasteiger partial charge in [-0.2, -0.15) is 0 Å². The summed E-state index contributed by atoms with van der Waals surface area (Å²) in [6.07, 6.45) is 6.22. The first kappa shape index (κ1) is 12.5. The van der Waals surface area contributed by atoms with Gasteiger partial charge >= 0.3 is 5.97 Å². The SMILES string of the molecule is O=C(O)C1(CC2CCCC2)COc2ccccc2C1. The molecule has 3 heteroatoms. The van der Waals surface area contributed by atoms with Crippen LogP contribution in [0.15, 0.2) is 24.3 Å². The summed E-state index contributed by atoms with van der Waals surface area (Å²) >= 11 is 0. The lowest BCUT2D eigenvalue weighted by molar-refractivity contribution is -0.153. The Morgan fingerprint density at radius 3 is 2.79 bits per heavy atom. The lowest BCUT2D eigenvalue weighted by Crippen LogP contribution is -2.43. The van der Waals surface area contributed by atoms with E-state index in [9.17, 15) is 9.90 Å². The maximum absolute atomic E-state index is 11.8. The van der Waals surface area contributed by atoms with Gasteiger partial charge in [0.05, 0.1) is 0 Å². The van der Waals surface area contributed by atoms with E-state index in [1.165, 1.54) is 25.7 Å². The molecule has 1 unspecified atom stereocenters. The maximum atomic E-state index is 11.8. The number of para-hydroxylation sites is 1. The van der Waals surface area contributed by atoms with E-state index in [-0.39, 0.29) is 0 Å². The van der Waals surface area contributed by atoms with Gasteiger partial charge < -0.3 is 9.84 Å². The van der Waals surface area contributed by atoms with Gasteiger partial charge in [-0.3, -0.25) is 4.79 Å². The Balaban J connectivity index is 1.84. The molecule has 1 aliphatic heterocycles. The molecule has 1 aliphatic carbocycles. The molecule has 0 amide bonds. The Bertz CT molecular complexity index is 477. The van der Waals surface area contributed by atoms with Gasteiger partial charge in [-0.1, -0.05) is 43.9 Å². The van der Waals surface area contributed by atoms with Crippen LogP contribution in [0.2, 0.25) is 0 Å². The number of carbonyl (C=O) groups is 1. The van der Waals surface area contributed by atoms with Gasteiger partial charge in [-0.25, -0.2) is 0 Å². The topological polar surface area (TPSA) is 46.5 Å². The lowest BCUT2D eigenvalue weighted by atomic mass is 9.73. The molecule has 1 fully saturated rings. The molecule has 1 heterocycles. The van der Waals surface area contributed by atoms with E-state index in [0.29, 0.717) is 18.9 Å². The highest BCUT2D eigenvalue weighted by Gasteiger charge is 2.44. The number of ether oxygens (including phenoxy) is 1. The molecule has 1 aromatic carbocycles. The zero-order valence-corrected chi connectivity index (χ0v) is 11.1. The van der Waals surface area contributed by atoms with Gasteiger partial charge in [0.15, 0.2) is 0 Å². The summed E-state index contributed by atoms with van der Waals surface area (Å²) in [6, 6.07) is 7.80. The smallest absolute Gasteiger partial charge is 0.313 e. The van der Waals surface area contributed by atoms with Crippen LogP contribution < -0.4 is 4.74 Å². The van der Waals surface area contributed by atoms with Crippen molar-refractivity contribution in [2.75, 3.05) is 6.61 Å². The monoisotopic (exact) mass is 260 g/mol. The lowest BCUT2D eigenvalue weighted by Gasteiger charge is -2.36. The molecule has 3 nitrogen and oxygen atoms in total. The summed E-state index contributed by atoms with van der Waals surface area (Å²) in [5.41, 5.74) is 0.317. The first-order valence-corrected chi connectivity index (χ1v) is 7.14. The maximum Gasteiger partial charge on any atom is 0.313 e. The highest BCUT2D eigenvalue weighted by atomic mass is 16.5. The van der Waals surface area contributed by atoms with E-state index in [1.807, 2.05) is 24.3 Å². The second kappa shape index (κ2) is 4.87. The quantitative estimate of drug-likeness (QED) is 0.907. The predicted octanol–water partition coefficient (Wildman–Crippen LogP) is 3.27. The summed E-state index contributed by atoms with van der Waals surface area (Å²) < 4.78 is 5.73. The average molecular weight is 260 g/mol. The Hall–Kier alpha value is -1.51. The average Bonchev–Trinajstić information content (AvgIpc) is 2.91. The molecule has 0 saturated heterocycles. The van der Waals surface area contributed by atoms with Crippen LogP contribution >= 0.6 is 0 Å². The fourth-order valence-corrected chi connectivity index (χ4v) is 3.55. The normalized spacial score (nSPS) is 26.7. The van der Waals surface area contributed by atoms with E-state index in [1.54, 1.807) is 0 Å². The summed E-state index contributed by atoms with van der Waals surface area (Å²) in [5.74, 6) is 0.713. The highest BCUT2D eigenvalue weighted by Crippen LogP contribution is 2.42. The molecule has 0 radical (unpaired) electrons. The molecular weight excluding hydrogens is 240 g/mol. The fraction of sp³-hybridized carbons (Fsp3) is 0.562. The van der Waals surface area contributed by atoms with Gasteiger partial charge in [0.2, 0.25) is 0 Å². The number of aliphatic carboxylic acids is 1. The van der Waals surface area contributed by atoms with Crippen LogP contribution in [-0.4, -0.2) is 17.7 Å². The standard InChI is InChI=1S/C16H20O3/c17-15(18)16(9-12-5-1-2-6-12)10-13-7-3-4-8-14(13)19-11-16/h3-4,7-8,12H,1-2,5-6,9-11H2,(H,17,18). The minimum Gasteiger partial charge on any atom is -0.492 e. The van der Waals surface area contributed by atoms with Crippen molar-refractivity contribution in [3.63, 3.8) is 0 Å². The van der Waals surface area contributed by atoms with E-state index >= 15 is 0 Å². The van der Waals surface area contributed by atoms with Gasteiger partial charge in [0, 0.05) is 0 Å². The molecule has 1 atom stereocenters. The van der Waals surface area contributed by atoms with Crippen LogP contribution in [0.5, 0.6) is 5.75 Å². The third-order valence-electron chi connectivity index (χ3n) is 4.61. The van der Waals surface area contributed by atoms with Crippen molar-refractivity contribution in [2.45, 2.75) is 38.5 Å². The van der Waals surface area contributed by atoms with E-state index in [4.69, 9.17) is 4.74 Å². The number of fused-ring (bicyclic) bond motifs is 1. The van der Waals surface area contributed by atoms with Crippen molar-refractivity contribution in [2.24, 2.45) is 11.3 Å². The predicted molar refractivity (Wildman–Crippen MR) is 72.3 cm³/mol. The largest absolute Gasteiger partial charge is 0.492 e. The van der Waals surface area contributed by atoms with Crippen LogP contribution in [0.4, 0.5) is 0 Å².